The third-order valence-corrected chi connectivity index (χ3v) is 3.86. The molecule has 2 aromatic rings. The first kappa shape index (κ1) is 22.6. The molecule has 0 saturated heterocycles. The van der Waals surface area contributed by atoms with E-state index in [1.165, 1.54) is 32.9 Å². The lowest BCUT2D eigenvalue weighted by molar-refractivity contribution is -0.145. The van der Waals surface area contributed by atoms with E-state index in [-0.39, 0.29) is 6.61 Å². The van der Waals surface area contributed by atoms with Crippen molar-refractivity contribution in [2.24, 2.45) is 0 Å². The normalized spacial score (nSPS) is 13.4. The number of hydrogen-bond donors (Lipinski definition) is 1. The topological polar surface area (TPSA) is 56.2 Å². The van der Waals surface area contributed by atoms with Gasteiger partial charge in [-0.15, -0.1) is 0 Å². The number of rotatable bonds is 6. The molecule has 0 bridgehead atoms. The summed E-state index contributed by atoms with van der Waals surface area (Å²) >= 11 is 0. The van der Waals surface area contributed by atoms with Crippen molar-refractivity contribution in [2.45, 2.75) is 45.2 Å². The molecule has 0 radical (unpaired) electrons. The van der Waals surface area contributed by atoms with E-state index >= 15 is 0 Å². The van der Waals surface area contributed by atoms with Gasteiger partial charge in [0, 0.05) is 6.04 Å². The zero-order valence-corrected chi connectivity index (χ0v) is 15.7. The van der Waals surface area contributed by atoms with E-state index in [0.29, 0.717) is 4.68 Å². The molecule has 0 spiro atoms. The minimum Gasteiger partial charge on any atom is -0.491 e. The van der Waals surface area contributed by atoms with E-state index in [1.807, 2.05) is 0 Å². The summed E-state index contributed by atoms with van der Waals surface area (Å²) < 4.78 is 84.8. The Morgan fingerprint density at radius 1 is 1.10 bits per heavy atom. The van der Waals surface area contributed by atoms with Gasteiger partial charge < -0.3 is 10.1 Å². The molecule has 0 aliphatic carbocycles. The van der Waals surface area contributed by atoms with Crippen LogP contribution in [-0.2, 0) is 12.4 Å². The molecule has 11 heteroatoms. The summed E-state index contributed by atoms with van der Waals surface area (Å²) in [4.78, 5) is 12.3. The predicted molar refractivity (Wildman–Crippen MR) is 91.5 cm³/mol. The summed E-state index contributed by atoms with van der Waals surface area (Å²) in [6, 6.07) is 3.01. The second-order valence-electron chi connectivity index (χ2n) is 6.62. The van der Waals surface area contributed by atoms with Crippen molar-refractivity contribution >= 4 is 5.91 Å². The van der Waals surface area contributed by atoms with Crippen LogP contribution in [0.25, 0.3) is 0 Å². The van der Waals surface area contributed by atoms with Gasteiger partial charge in [0.1, 0.15) is 12.4 Å². The fourth-order valence-corrected chi connectivity index (χ4v) is 2.59. The van der Waals surface area contributed by atoms with Crippen molar-refractivity contribution in [3.8, 4) is 5.75 Å². The van der Waals surface area contributed by atoms with Crippen LogP contribution in [0.5, 0.6) is 5.75 Å². The van der Waals surface area contributed by atoms with Gasteiger partial charge in [0.25, 0.3) is 5.91 Å². The van der Waals surface area contributed by atoms with E-state index in [9.17, 15) is 31.1 Å². The van der Waals surface area contributed by atoms with E-state index in [0.717, 1.165) is 18.3 Å². The lowest BCUT2D eigenvalue weighted by atomic mass is 10.2. The summed E-state index contributed by atoms with van der Waals surface area (Å²) in [6.07, 6.45) is -8.63. The van der Waals surface area contributed by atoms with Crippen LogP contribution in [0.3, 0.4) is 0 Å². The van der Waals surface area contributed by atoms with Crippen molar-refractivity contribution in [1.82, 2.24) is 15.1 Å². The van der Waals surface area contributed by atoms with E-state index in [1.54, 1.807) is 0 Å². The van der Waals surface area contributed by atoms with Crippen LogP contribution in [0.15, 0.2) is 30.5 Å². The number of benzene rings is 1. The van der Waals surface area contributed by atoms with Crippen LogP contribution in [0.2, 0.25) is 0 Å². The minimum atomic E-state index is -4.81. The van der Waals surface area contributed by atoms with Gasteiger partial charge in [-0.3, -0.25) is 9.48 Å². The van der Waals surface area contributed by atoms with Gasteiger partial charge in [0.2, 0.25) is 0 Å². The van der Waals surface area contributed by atoms with Crippen molar-refractivity contribution in [3.63, 3.8) is 0 Å². The molecule has 1 heterocycles. The highest BCUT2D eigenvalue weighted by atomic mass is 19.4. The lowest BCUT2D eigenvalue weighted by Gasteiger charge is -2.19. The first-order chi connectivity index (χ1) is 13.3. The molecule has 1 aromatic carbocycles. The van der Waals surface area contributed by atoms with Gasteiger partial charge in [-0.2, -0.15) is 31.4 Å². The first-order valence-electron chi connectivity index (χ1n) is 8.57. The number of amides is 1. The number of halogens is 6. The number of alkyl halides is 6. The molecule has 5 nitrogen and oxygen atoms in total. The molecule has 0 saturated carbocycles. The van der Waals surface area contributed by atoms with Crippen molar-refractivity contribution < 1.29 is 35.9 Å². The van der Waals surface area contributed by atoms with Crippen molar-refractivity contribution in [1.29, 1.82) is 0 Å². The summed E-state index contributed by atoms with van der Waals surface area (Å²) in [5, 5.41) is 5.91. The van der Waals surface area contributed by atoms with Crippen molar-refractivity contribution in [3.05, 3.63) is 47.3 Å². The number of ether oxygens (including phenoxy) is 1. The Balaban J connectivity index is 2.12. The molecule has 2 rings (SSSR count). The highest BCUT2D eigenvalue weighted by molar-refractivity contribution is 5.95. The second kappa shape index (κ2) is 8.34. The lowest BCUT2D eigenvalue weighted by Crippen LogP contribution is -2.37. The van der Waals surface area contributed by atoms with E-state index < -0.39 is 52.9 Å². The Labute approximate surface area is 162 Å². The summed E-state index contributed by atoms with van der Waals surface area (Å²) in [6.45, 7) is 3.99. The van der Waals surface area contributed by atoms with Crippen LogP contribution in [-0.4, -0.2) is 28.3 Å². The van der Waals surface area contributed by atoms with Gasteiger partial charge in [-0.1, -0.05) is 12.1 Å². The molecular weight excluding hydrogens is 404 g/mol. The average molecular weight is 423 g/mol. The average Bonchev–Trinajstić information content (AvgIpc) is 3.05. The van der Waals surface area contributed by atoms with E-state index in [2.05, 4.69) is 10.4 Å². The second-order valence-corrected chi connectivity index (χ2v) is 6.62. The standard InChI is InChI=1S/C18H19F6N3O2/c1-10(2)27-15(18(22,23)24)12(8-25-27)16(28)26-11(3)9-29-14-7-5-4-6-13(14)17(19,20)21/h4-8,10-11H,9H2,1-3H3,(H,26,28)/t11-/m0/s1. The zero-order valence-electron chi connectivity index (χ0n) is 15.7. The van der Waals surface area contributed by atoms with Gasteiger partial charge in [0.05, 0.1) is 23.4 Å². The minimum absolute atomic E-state index is 0.376. The van der Waals surface area contributed by atoms with Crippen LogP contribution >= 0.6 is 0 Å². The highest BCUT2D eigenvalue weighted by Crippen LogP contribution is 2.36. The molecule has 1 atom stereocenters. The summed E-state index contributed by atoms with van der Waals surface area (Å²) in [7, 11) is 0. The molecule has 0 aliphatic rings. The number of carbonyl (C=O) groups is 1. The monoisotopic (exact) mass is 423 g/mol. The van der Waals surface area contributed by atoms with Gasteiger partial charge in [-0.05, 0) is 32.9 Å². The molecule has 160 valence electrons. The number of aromatic nitrogens is 2. The number of hydrogen-bond acceptors (Lipinski definition) is 3. The summed E-state index contributed by atoms with van der Waals surface area (Å²) in [5.74, 6) is -1.49. The molecule has 0 aliphatic heterocycles. The Bertz CT molecular complexity index is 858. The van der Waals surface area contributed by atoms with Gasteiger partial charge >= 0.3 is 12.4 Å². The van der Waals surface area contributed by atoms with Crippen molar-refractivity contribution in [2.75, 3.05) is 6.61 Å². The number of nitrogens with zero attached hydrogens (tertiary/aromatic N) is 2. The Hall–Kier alpha value is -2.72. The predicted octanol–water partition coefficient (Wildman–Crippen LogP) is 4.70. The molecule has 1 aromatic heterocycles. The number of nitrogens with one attached hydrogen (secondary N) is 1. The quantitative estimate of drug-likeness (QED) is 0.686. The fourth-order valence-electron chi connectivity index (χ4n) is 2.59. The maximum atomic E-state index is 13.4. The summed E-state index contributed by atoms with van der Waals surface area (Å²) in [5.41, 5.74) is -2.86. The van der Waals surface area contributed by atoms with Crippen LogP contribution in [0.4, 0.5) is 26.3 Å². The largest absolute Gasteiger partial charge is 0.491 e. The third-order valence-electron chi connectivity index (χ3n) is 3.86. The van der Waals surface area contributed by atoms with Crippen LogP contribution in [0, 0.1) is 0 Å². The SMILES string of the molecule is CC(C)n1ncc(C(=O)N[C@@H](C)COc2ccccc2C(F)(F)F)c1C(F)(F)F. The highest BCUT2D eigenvalue weighted by Gasteiger charge is 2.41. The van der Waals surface area contributed by atoms with Gasteiger partial charge in [0.15, 0.2) is 5.69 Å². The number of para-hydroxylation sites is 1. The molecule has 1 amide bonds. The maximum absolute atomic E-state index is 13.4. The van der Waals surface area contributed by atoms with Crippen LogP contribution < -0.4 is 10.1 Å². The molecule has 29 heavy (non-hydrogen) atoms. The third kappa shape index (κ3) is 5.42. The smallest absolute Gasteiger partial charge is 0.433 e. The maximum Gasteiger partial charge on any atom is 0.433 e. The van der Waals surface area contributed by atoms with Crippen LogP contribution in [0.1, 0.15) is 48.4 Å². The fraction of sp³-hybridized carbons (Fsp3) is 0.444. The number of carbonyl (C=O) groups excluding carboxylic acids is 1. The molecule has 1 N–H and O–H groups in total. The Morgan fingerprint density at radius 3 is 2.28 bits per heavy atom. The zero-order chi connectivity index (χ0) is 22.0. The molecule has 0 unspecified atom stereocenters. The molecular formula is C18H19F6N3O2. The van der Waals surface area contributed by atoms with E-state index in [4.69, 9.17) is 4.74 Å². The first-order valence-corrected chi connectivity index (χ1v) is 8.57. The molecule has 0 fully saturated rings. The Morgan fingerprint density at radius 2 is 1.72 bits per heavy atom. The Kier molecular flexibility index (Phi) is 6.49. The van der Waals surface area contributed by atoms with Gasteiger partial charge in [-0.25, -0.2) is 0 Å².